The number of carboxylic acid groups (broad SMARTS) is 1. The van der Waals surface area contributed by atoms with Gasteiger partial charge < -0.3 is 10.4 Å². The maximum atomic E-state index is 11.8. The van der Waals surface area contributed by atoms with Gasteiger partial charge in [0.15, 0.2) is 0 Å². The van der Waals surface area contributed by atoms with Crippen LogP contribution < -0.4 is 5.32 Å². The quantitative estimate of drug-likeness (QED) is 0.762. The summed E-state index contributed by atoms with van der Waals surface area (Å²) in [5.41, 5.74) is 0. The van der Waals surface area contributed by atoms with E-state index in [1.807, 2.05) is 0 Å². The molecule has 0 spiro atoms. The minimum atomic E-state index is -0.823. The Kier molecular flexibility index (Phi) is 3.74. The van der Waals surface area contributed by atoms with Crippen LogP contribution in [0.2, 0.25) is 0 Å². The lowest BCUT2D eigenvalue weighted by atomic mass is 10.1. The molecule has 1 amide bonds. The highest BCUT2D eigenvalue weighted by molar-refractivity contribution is 8.00. The van der Waals surface area contributed by atoms with Crippen molar-refractivity contribution >= 4 is 23.6 Å². The molecule has 0 bridgehead atoms. The van der Waals surface area contributed by atoms with Crippen molar-refractivity contribution in [1.29, 1.82) is 0 Å². The summed E-state index contributed by atoms with van der Waals surface area (Å²) in [6.45, 7) is 0. The minimum absolute atomic E-state index is 0.0423. The topological polar surface area (TPSA) is 66.4 Å². The van der Waals surface area contributed by atoms with Gasteiger partial charge in [-0.2, -0.15) is 0 Å². The Morgan fingerprint density at radius 1 is 1.38 bits per heavy atom. The lowest BCUT2D eigenvalue weighted by molar-refractivity contribution is -0.137. The van der Waals surface area contributed by atoms with Crippen LogP contribution in [0.4, 0.5) is 0 Å². The number of carbonyl (C=O) groups excluding carboxylic acids is 1. The highest BCUT2D eigenvalue weighted by Gasteiger charge is 2.35. The van der Waals surface area contributed by atoms with E-state index in [1.165, 1.54) is 0 Å². The second kappa shape index (κ2) is 5.08. The average Bonchev–Trinajstić information content (AvgIpc) is 2.91. The molecular formula is C11H17NO3S. The molecule has 2 rings (SSSR count). The van der Waals surface area contributed by atoms with Gasteiger partial charge >= 0.3 is 5.97 Å². The van der Waals surface area contributed by atoms with Crippen LogP contribution in [0.15, 0.2) is 0 Å². The number of rotatable bonds is 5. The average molecular weight is 243 g/mol. The fraction of sp³-hybridized carbons (Fsp3) is 0.818. The Morgan fingerprint density at radius 3 is 2.62 bits per heavy atom. The number of amides is 1. The van der Waals surface area contributed by atoms with Crippen molar-refractivity contribution in [2.45, 2.75) is 43.4 Å². The molecule has 2 fully saturated rings. The third-order valence-electron chi connectivity index (χ3n) is 3.14. The van der Waals surface area contributed by atoms with E-state index in [4.69, 9.17) is 5.11 Å². The number of carbonyl (C=O) groups is 2. The summed E-state index contributed by atoms with van der Waals surface area (Å²) in [4.78, 5) is 22.5. The van der Waals surface area contributed by atoms with E-state index in [-0.39, 0.29) is 23.6 Å². The molecule has 1 saturated carbocycles. The molecule has 0 aromatic carbocycles. The molecule has 90 valence electrons. The van der Waals surface area contributed by atoms with Gasteiger partial charge in [0.1, 0.15) is 0 Å². The first kappa shape index (κ1) is 11.8. The highest BCUT2D eigenvalue weighted by Crippen LogP contribution is 2.34. The number of hydrogen-bond acceptors (Lipinski definition) is 3. The first-order chi connectivity index (χ1) is 7.66. The molecule has 2 N–H and O–H groups in total. The fourth-order valence-corrected chi connectivity index (χ4v) is 3.25. The normalized spacial score (nSPS) is 26.4. The zero-order chi connectivity index (χ0) is 11.5. The zero-order valence-electron chi connectivity index (χ0n) is 9.15. The molecule has 2 atom stereocenters. The van der Waals surface area contributed by atoms with E-state index in [2.05, 4.69) is 5.32 Å². The molecule has 16 heavy (non-hydrogen) atoms. The predicted octanol–water partition coefficient (Wildman–Crippen LogP) is 1.25. The summed E-state index contributed by atoms with van der Waals surface area (Å²) in [5.74, 6) is 0.661. The molecule has 1 aliphatic heterocycles. The Labute approximate surface area is 99.2 Å². The van der Waals surface area contributed by atoms with Crippen molar-refractivity contribution in [3.8, 4) is 0 Å². The first-order valence-corrected chi connectivity index (χ1v) is 6.85. The van der Waals surface area contributed by atoms with Gasteiger partial charge in [-0.15, -0.1) is 11.8 Å². The van der Waals surface area contributed by atoms with Gasteiger partial charge in [-0.3, -0.25) is 9.59 Å². The minimum Gasteiger partial charge on any atom is -0.481 e. The van der Waals surface area contributed by atoms with E-state index < -0.39 is 5.97 Å². The van der Waals surface area contributed by atoms with Crippen molar-refractivity contribution in [3.05, 3.63) is 0 Å². The number of aliphatic carboxylic acids is 1. The number of thioether (sulfide) groups is 1. The van der Waals surface area contributed by atoms with Gasteiger partial charge in [0.2, 0.25) is 5.91 Å². The number of carboxylic acids is 1. The molecule has 0 radical (unpaired) electrons. The van der Waals surface area contributed by atoms with Crippen LogP contribution in [0.1, 0.15) is 32.1 Å². The van der Waals surface area contributed by atoms with Gasteiger partial charge in [-0.25, -0.2) is 0 Å². The van der Waals surface area contributed by atoms with Crippen molar-refractivity contribution < 1.29 is 14.7 Å². The Hall–Kier alpha value is -0.710. The summed E-state index contributed by atoms with van der Waals surface area (Å²) < 4.78 is 0. The molecule has 5 heteroatoms. The molecule has 4 nitrogen and oxygen atoms in total. The number of hydrogen-bond donors (Lipinski definition) is 2. The van der Waals surface area contributed by atoms with Crippen LogP contribution in [0.5, 0.6) is 0 Å². The van der Waals surface area contributed by atoms with E-state index in [0.29, 0.717) is 5.92 Å². The third kappa shape index (κ3) is 3.14. The van der Waals surface area contributed by atoms with Gasteiger partial charge in [0.25, 0.3) is 0 Å². The predicted molar refractivity (Wildman–Crippen MR) is 62.4 cm³/mol. The van der Waals surface area contributed by atoms with Crippen LogP contribution in [-0.4, -0.2) is 34.0 Å². The number of nitrogens with one attached hydrogen (secondary N) is 1. The van der Waals surface area contributed by atoms with Crippen LogP contribution in [0.3, 0.4) is 0 Å². The molecule has 0 aromatic rings. The maximum Gasteiger partial charge on any atom is 0.305 e. The summed E-state index contributed by atoms with van der Waals surface area (Å²) in [7, 11) is 0. The lowest BCUT2D eigenvalue weighted by Gasteiger charge is -2.18. The molecule has 1 aliphatic carbocycles. The van der Waals surface area contributed by atoms with Gasteiger partial charge in [0.05, 0.1) is 11.7 Å². The Balaban J connectivity index is 1.84. The van der Waals surface area contributed by atoms with Crippen molar-refractivity contribution in [2.75, 3.05) is 5.75 Å². The summed E-state index contributed by atoms with van der Waals surface area (Å²) in [6.07, 6.45) is 4.19. The van der Waals surface area contributed by atoms with Gasteiger partial charge in [-0.05, 0) is 37.4 Å². The molecule has 1 saturated heterocycles. The lowest BCUT2D eigenvalue weighted by Crippen LogP contribution is -2.42. The monoisotopic (exact) mass is 243 g/mol. The molecule has 0 aromatic heterocycles. The largest absolute Gasteiger partial charge is 0.481 e. The second-order valence-corrected chi connectivity index (χ2v) is 5.86. The van der Waals surface area contributed by atoms with Crippen molar-refractivity contribution in [2.24, 2.45) is 5.92 Å². The fourth-order valence-electron chi connectivity index (χ4n) is 2.08. The van der Waals surface area contributed by atoms with Crippen LogP contribution in [-0.2, 0) is 9.59 Å². The first-order valence-electron chi connectivity index (χ1n) is 5.80. The van der Waals surface area contributed by atoms with Crippen LogP contribution in [0, 0.1) is 5.92 Å². The Morgan fingerprint density at radius 2 is 2.12 bits per heavy atom. The zero-order valence-corrected chi connectivity index (χ0v) is 9.96. The summed E-state index contributed by atoms with van der Waals surface area (Å²) in [5, 5.41) is 11.7. The van der Waals surface area contributed by atoms with E-state index in [1.54, 1.807) is 11.8 Å². The summed E-state index contributed by atoms with van der Waals surface area (Å²) in [6, 6.07) is -0.147. The molecule has 2 unspecified atom stereocenters. The summed E-state index contributed by atoms with van der Waals surface area (Å²) >= 11 is 1.68. The highest BCUT2D eigenvalue weighted by atomic mass is 32.2. The Bertz CT molecular complexity index is 285. The van der Waals surface area contributed by atoms with Crippen LogP contribution in [0.25, 0.3) is 0 Å². The second-order valence-electron chi connectivity index (χ2n) is 4.55. The SMILES string of the molecule is O=C(O)CC(NC(=O)C1CCCS1)C1CC1. The van der Waals surface area contributed by atoms with Crippen molar-refractivity contribution in [3.63, 3.8) is 0 Å². The van der Waals surface area contributed by atoms with Crippen LogP contribution >= 0.6 is 11.8 Å². The molecular weight excluding hydrogens is 226 g/mol. The van der Waals surface area contributed by atoms with E-state index in [0.717, 1.165) is 31.4 Å². The maximum absolute atomic E-state index is 11.8. The molecule has 1 heterocycles. The standard InChI is InChI=1S/C11H17NO3S/c13-10(14)6-8(7-3-4-7)12-11(15)9-2-1-5-16-9/h7-9H,1-6H2,(H,12,15)(H,13,14). The van der Waals surface area contributed by atoms with Gasteiger partial charge in [0, 0.05) is 6.04 Å². The molecule has 2 aliphatic rings. The van der Waals surface area contributed by atoms with Crippen molar-refractivity contribution in [1.82, 2.24) is 5.32 Å². The third-order valence-corrected chi connectivity index (χ3v) is 4.51. The van der Waals surface area contributed by atoms with E-state index in [9.17, 15) is 9.59 Å². The van der Waals surface area contributed by atoms with Gasteiger partial charge in [-0.1, -0.05) is 0 Å². The van der Waals surface area contributed by atoms with E-state index >= 15 is 0 Å². The smallest absolute Gasteiger partial charge is 0.305 e.